The zero-order chi connectivity index (χ0) is 13.9. The van der Waals surface area contributed by atoms with Crippen LogP contribution in [-0.4, -0.2) is 6.61 Å². The van der Waals surface area contributed by atoms with Crippen molar-refractivity contribution in [2.75, 3.05) is 6.61 Å². The van der Waals surface area contributed by atoms with Crippen molar-refractivity contribution < 1.29 is 4.74 Å². The second-order valence-electron chi connectivity index (χ2n) is 4.89. The van der Waals surface area contributed by atoms with E-state index in [9.17, 15) is 0 Å². The molecule has 0 fully saturated rings. The van der Waals surface area contributed by atoms with E-state index in [4.69, 9.17) is 4.74 Å². The fourth-order valence-electron chi connectivity index (χ4n) is 2.69. The smallest absolute Gasteiger partial charge is 0.127 e. The van der Waals surface area contributed by atoms with Crippen molar-refractivity contribution in [3.05, 3.63) is 66.2 Å². The number of para-hydroxylation sites is 1. The first-order valence-corrected chi connectivity index (χ1v) is 7.02. The Hall–Kier alpha value is -2.28. The highest BCUT2D eigenvalue weighted by atomic mass is 16.5. The molecule has 0 unspecified atom stereocenters. The van der Waals surface area contributed by atoms with Crippen molar-refractivity contribution in [3.8, 4) is 16.9 Å². The highest BCUT2D eigenvalue weighted by molar-refractivity contribution is 5.92. The fourth-order valence-corrected chi connectivity index (χ4v) is 2.69. The Morgan fingerprint density at radius 2 is 1.55 bits per heavy atom. The SMILES string of the molecule is CCOc1ccccc1-c1ccc2ccccc2c1C. The van der Waals surface area contributed by atoms with E-state index in [2.05, 4.69) is 55.5 Å². The molecule has 0 N–H and O–H groups in total. The normalized spacial score (nSPS) is 10.7. The maximum absolute atomic E-state index is 5.76. The summed E-state index contributed by atoms with van der Waals surface area (Å²) in [6.45, 7) is 4.88. The lowest BCUT2D eigenvalue weighted by atomic mass is 9.95. The number of rotatable bonds is 3. The Balaban J connectivity index is 2.22. The van der Waals surface area contributed by atoms with E-state index in [1.807, 2.05) is 19.1 Å². The van der Waals surface area contributed by atoms with E-state index >= 15 is 0 Å². The molecule has 0 amide bonds. The monoisotopic (exact) mass is 262 g/mol. The minimum atomic E-state index is 0.684. The molecular formula is C19H18O. The van der Waals surface area contributed by atoms with Crippen LogP contribution in [0, 0.1) is 6.92 Å². The van der Waals surface area contributed by atoms with Crippen LogP contribution in [0.3, 0.4) is 0 Å². The first-order valence-electron chi connectivity index (χ1n) is 7.02. The van der Waals surface area contributed by atoms with Gasteiger partial charge in [0, 0.05) is 5.56 Å². The number of ether oxygens (including phenoxy) is 1. The van der Waals surface area contributed by atoms with E-state index in [0.717, 1.165) is 11.3 Å². The summed E-state index contributed by atoms with van der Waals surface area (Å²) < 4.78 is 5.76. The summed E-state index contributed by atoms with van der Waals surface area (Å²) in [4.78, 5) is 0. The minimum absolute atomic E-state index is 0.684. The van der Waals surface area contributed by atoms with Crippen molar-refractivity contribution >= 4 is 10.8 Å². The molecule has 0 aromatic heterocycles. The predicted molar refractivity (Wildman–Crippen MR) is 85.3 cm³/mol. The Labute approximate surface area is 119 Å². The Morgan fingerprint density at radius 1 is 0.800 bits per heavy atom. The predicted octanol–water partition coefficient (Wildman–Crippen LogP) is 5.21. The molecule has 0 heterocycles. The summed E-state index contributed by atoms with van der Waals surface area (Å²) in [5.74, 6) is 0.952. The largest absolute Gasteiger partial charge is 0.493 e. The van der Waals surface area contributed by atoms with E-state index in [0.29, 0.717) is 6.61 Å². The van der Waals surface area contributed by atoms with Gasteiger partial charge < -0.3 is 4.74 Å². The lowest BCUT2D eigenvalue weighted by molar-refractivity contribution is 0.341. The second kappa shape index (κ2) is 5.38. The van der Waals surface area contributed by atoms with Gasteiger partial charge in [0.15, 0.2) is 0 Å². The Kier molecular flexibility index (Phi) is 3.42. The van der Waals surface area contributed by atoms with Gasteiger partial charge in [-0.25, -0.2) is 0 Å². The van der Waals surface area contributed by atoms with Gasteiger partial charge in [-0.2, -0.15) is 0 Å². The molecule has 100 valence electrons. The third kappa shape index (κ3) is 2.16. The zero-order valence-electron chi connectivity index (χ0n) is 11.9. The van der Waals surface area contributed by atoms with Crippen molar-refractivity contribution in [2.24, 2.45) is 0 Å². The van der Waals surface area contributed by atoms with Gasteiger partial charge in [0.05, 0.1) is 6.61 Å². The van der Waals surface area contributed by atoms with Gasteiger partial charge in [-0.1, -0.05) is 54.6 Å². The van der Waals surface area contributed by atoms with Crippen LogP contribution in [0.15, 0.2) is 60.7 Å². The zero-order valence-corrected chi connectivity index (χ0v) is 11.9. The van der Waals surface area contributed by atoms with Gasteiger partial charge in [-0.3, -0.25) is 0 Å². The summed E-state index contributed by atoms with van der Waals surface area (Å²) in [7, 11) is 0. The van der Waals surface area contributed by atoms with Crippen LogP contribution >= 0.6 is 0 Å². The molecule has 1 heteroatoms. The first-order chi connectivity index (χ1) is 9.81. The molecule has 0 aliphatic carbocycles. The molecular weight excluding hydrogens is 244 g/mol. The van der Waals surface area contributed by atoms with Crippen LogP contribution in [0.4, 0.5) is 0 Å². The summed E-state index contributed by atoms with van der Waals surface area (Å²) in [5.41, 5.74) is 3.71. The molecule has 0 aliphatic heterocycles. The van der Waals surface area contributed by atoms with Crippen LogP contribution in [-0.2, 0) is 0 Å². The summed E-state index contributed by atoms with van der Waals surface area (Å²) in [6, 6.07) is 21.1. The van der Waals surface area contributed by atoms with E-state index < -0.39 is 0 Å². The van der Waals surface area contributed by atoms with E-state index in [-0.39, 0.29) is 0 Å². The average molecular weight is 262 g/mol. The second-order valence-corrected chi connectivity index (χ2v) is 4.89. The molecule has 1 nitrogen and oxygen atoms in total. The van der Waals surface area contributed by atoms with Gasteiger partial charge >= 0.3 is 0 Å². The fraction of sp³-hybridized carbons (Fsp3) is 0.158. The molecule has 0 saturated carbocycles. The third-order valence-corrected chi connectivity index (χ3v) is 3.68. The topological polar surface area (TPSA) is 9.23 Å². The standard InChI is InChI=1S/C19H18O/c1-3-20-19-11-7-6-10-18(19)17-13-12-15-8-4-5-9-16(15)14(17)2/h4-13H,3H2,1-2H3. The molecule has 3 aromatic rings. The van der Waals surface area contributed by atoms with Gasteiger partial charge in [0.1, 0.15) is 5.75 Å². The van der Waals surface area contributed by atoms with Crippen LogP contribution < -0.4 is 4.74 Å². The molecule has 20 heavy (non-hydrogen) atoms. The van der Waals surface area contributed by atoms with E-state index in [1.54, 1.807) is 0 Å². The highest BCUT2D eigenvalue weighted by Gasteiger charge is 2.10. The van der Waals surface area contributed by atoms with Crippen molar-refractivity contribution in [2.45, 2.75) is 13.8 Å². The molecule has 0 atom stereocenters. The molecule has 0 radical (unpaired) electrons. The molecule has 3 rings (SSSR count). The number of hydrogen-bond acceptors (Lipinski definition) is 1. The quantitative estimate of drug-likeness (QED) is 0.629. The maximum Gasteiger partial charge on any atom is 0.127 e. The maximum atomic E-state index is 5.76. The number of benzene rings is 3. The third-order valence-electron chi connectivity index (χ3n) is 3.68. The highest BCUT2D eigenvalue weighted by Crippen LogP contribution is 2.35. The minimum Gasteiger partial charge on any atom is -0.493 e. The molecule has 0 spiro atoms. The average Bonchev–Trinajstić information content (AvgIpc) is 2.49. The summed E-state index contributed by atoms with van der Waals surface area (Å²) in [6.07, 6.45) is 0. The molecule has 0 aliphatic rings. The summed E-state index contributed by atoms with van der Waals surface area (Å²) >= 11 is 0. The lowest BCUT2D eigenvalue weighted by Gasteiger charge is -2.14. The molecule has 0 saturated heterocycles. The van der Waals surface area contributed by atoms with Crippen LogP contribution in [0.2, 0.25) is 0 Å². The van der Waals surface area contributed by atoms with Gasteiger partial charge in [-0.05, 0) is 41.8 Å². The lowest BCUT2D eigenvalue weighted by Crippen LogP contribution is -1.95. The van der Waals surface area contributed by atoms with Crippen molar-refractivity contribution in [3.63, 3.8) is 0 Å². The first kappa shape index (κ1) is 12.7. The molecule has 3 aromatic carbocycles. The van der Waals surface area contributed by atoms with Crippen molar-refractivity contribution in [1.82, 2.24) is 0 Å². The Morgan fingerprint density at radius 3 is 2.40 bits per heavy atom. The van der Waals surface area contributed by atoms with Gasteiger partial charge in [-0.15, -0.1) is 0 Å². The van der Waals surface area contributed by atoms with Crippen LogP contribution in [0.5, 0.6) is 5.75 Å². The number of fused-ring (bicyclic) bond motifs is 1. The van der Waals surface area contributed by atoms with Crippen molar-refractivity contribution in [1.29, 1.82) is 0 Å². The number of hydrogen-bond donors (Lipinski definition) is 0. The Bertz CT molecular complexity index is 744. The van der Waals surface area contributed by atoms with E-state index in [1.165, 1.54) is 21.9 Å². The van der Waals surface area contributed by atoms with Gasteiger partial charge in [0.2, 0.25) is 0 Å². The van der Waals surface area contributed by atoms with Gasteiger partial charge in [0.25, 0.3) is 0 Å². The molecule has 0 bridgehead atoms. The number of aryl methyl sites for hydroxylation is 1. The summed E-state index contributed by atoms with van der Waals surface area (Å²) in [5, 5.41) is 2.58. The van der Waals surface area contributed by atoms with Crippen LogP contribution in [0.1, 0.15) is 12.5 Å². The van der Waals surface area contributed by atoms with Crippen LogP contribution in [0.25, 0.3) is 21.9 Å².